The summed E-state index contributed by atoms with van der Waals surface area (Å²) in [5.74, 6) is -0.613. The normalized spacial score (nSPS) is 11.5. The minimum Gasteiger partial charge on any atom is -0.489 e. The van der Waals surface area contributed by atoms with Crippen molar-refractivity contribution in [2.75, 3.05) is 18.1 Å². The summed E-state index contributed by atoms with van der Waals surface area (Å²) >= 11 is 0. The van der Waals surface area contributed by atoms with Gasteiger partial charge in [-0.15, -0.1) is 0 Å². The lowest BCUT2D eigenvalue weighted by atomic mass is 10.2. The van der Waals surface area contributed by atoms with E-state index in [0.29, 0.717) is 12.0 Å². The summed E-state index contributed by atoms with van der Waals surface area (Å²) in [5.41, 5.74) is 0.443. The van der Waals surface area contributed by atoms with E-state index < -0.39 is 15.7 Å². The van der Waals surface area contributed by atoms with Crippen molar-refractivity contribution in [3.8, 4) is 5.75 Å². The summed E-state index contributed by atoms with van der Waals surface area (Å²) in [6.45, 7) is 1.46. The molecule has 1 rings (SSSR count). The average molecular weight is 276 g/mol. The molecular weight excluding hydrogens is 259 g/mol. The van der Waals surface area contributed by atoms with Crippen LogP contribution >= 0.6 is 0 Å². The van der Waals surface area contributed by atoms with Gasteiger partial charge >= 0.3 is 0 Å². The van der Waals surface area contributed by atoms with E-state index >= 15 is 0 Å². The molecule has 0 fully saturated rings. The first-order valence-corrected chi connectivity index (χ1v) is 7.53. The van der Waals surface area contributed by atoms with Gasteiger partial charge in [-0.2, -0.15) is 0 Å². The van der Waals surface area contributed by atoms with E-state index in [2.05, 4.69) is 0 Å². The van der Waals surface area contributed by atoms with Crippen molar-refractivity contribution in [2.45, 2.75) is 20.0 Å². The highest BCUT2D eigenvalue weighted by molar-refractivity contribution is 7.91. The molecule has 0 radical (unpaired) electrons. The van der Waals surface area contributed by atoms with Crippen molar-refractivity contribution in [3.63, 3.8) is 0 Å². The molecule has 0 spiro atoms. The lowest BCUT2D eigenvalue weighted by Gasteiger charge is -2.08. The molecule has 0 saturated carbocycles. The number of sulfone groups is 1. The Kier molecular flexibility index (Phi) is 5.55. The zero-order valence-electron chi connectivity index (χ0n) is 10.2. The van der Waals surface area contributed by atoms with E-state index in [-0.39, 0.29) is 30.5 Å². The van der Waals surface area contributed by atoms with Crippen molar-refractivity contribution in [1.82, 2.24) is 0 Å². The van der Waals surface area contributed by atoms with Crippen LogP contribution in [0.25, 0.3) is 0 Å². The third-order valence-electron chi connectivity index (χ3n) is 2.35. The van der Waals surface area contributed by atoms with Gasteiger partial charge in [0.15, 0.2) is 21.4 Å². The molecule has 0 amide bonds. The van der Waals surface area contributed by atoms with Gasteiger partial charge in [-0.1, -0.05) is 13.0 Å². The number of halogens is 1. The van der Waals surface area contributed by atoms with Crippen molar-refractivity contribution < 1.29 is 22.7 Å². The Balaban J connectivity index is 2.54. The van der Waals surface area contributed by atoms with Crippen LogP contribution in [-0.2, 0) is 16.4 Å². The predicted octanol–water partition coefficient (Wildman–Crippen LogP) is 1.52. The monoisotopic (exact) mass is 276 g/mol. The highest BCUT2D eigenvalue weighted by atomic mass is 32.2. The van der Waals surface area contributed by atoms with Crippen LogP contribution < -0.4 is 4.74 Å². The summed E-state index contributed by atoms with van der Waals surface area (Å²) in [4.78, 5) is 0. The molecule has 0 saturated heterocycles. The number of ether oxygens (including phenoxy) is 1. The Morgan fingerprint density at radius 2 is 2.06 bits per heavy atom. The second-order valence-electron chi connectivity index (χ2n) is 3.92. The Morgan fingerprint density at radius 1 is 1.33 bits per heavy atom. The van der Waals surface area contributed by atoms with Crippen LogP contribution in [0.3, 0.4) is 0 Å². The molecule has 1 aromatic rings. The third-order valence-corrected chi connectivity index (χ3v) is 4.16. The molecule has 102 valence electrons. The average Bonchev–Trinajstić information content (AvgIpc) is 2.31. The van der Waals surface area contributed by atoms with Crippen LogP contribution in [0.4, 0.5) is 4.39 Å². The number of rotatable bonds is 7. The van der Waals surface area contributed by atoms with Crippen LogP contribution in [-0.4, -0.2) is 31.6 Å². The molecule has 0 aliphatic heterocycles. The Hall–Kier alpha value is -1.14. The van der Waals surface area contributed by atoms with Gasteiger partial charge in [-0.25, -0.2) is 12.8 Å². The van der Waals surface area contributed by atoms with E-state index in [1.54, 1.807) is 6.92 Å². The largest absolute Gasteiger partial charge is 0.489 e. The number of aliphatic hydroxyl groups excluding tert-OH is 1. The first-order valence-electron chi connectivity index (χ1n) is 5.71. The molecule has 1 aromatic carbocycles. The number of hydrogen-bond donors (Lipinski definition) is 1. The first kappa shape index (κ1) is 14.9. The topological polar surface area (TPSA) is 63.6 Å². The van der Waals surface area contributed by atoms with Crippen molar-refractivity contribution in [1.29, 1.82) is 0 Å². The highest BCUT2D eigenvalue weighted by Gasteiger charge is 2.10. The smallest absolute Gasteiger partial charge is 0.165 e. The number of aliphatic hydroxyl groups is 1. The molecule has 0 unspecified atom stereocenters. The van der Waals surface area contributed by atoms with E-state index in [0.717, 1.165) is 6.07 Å². The zero-order valence-corrected chi connectivity index (χ0v) is 11.0. The molecule has 0 bridgehead atoms. The fraction of sp³-hybridized carbons (Fsp3) is 0.500. The van der Waals surface area contributed by atoms with E-state index in [1.165, 1.54) is 12.1 Å². The molecule has 1 N–H and O–H groups in total. The number of benzene rings is 1. The molecular formula is C12H17FO4S. The maximum atomic E-state index is 13.4. The Bertz CT molecular complexity index is 485. The molecule has 0 aromatic heterocycles. The summed E-state index contributed by atoms with van der Waals surface area (Å²) in [7, 11) is -3.11. The van der Waals surface area contributed by atoms with Gasteiger partial charge < -0.3 is 9.84 Å². The Labute approximate surface area is 106 Å². The fourth-order valence-corrected chi connectivity index (χ4v) is 2.61. The summed E-state index contributed by atoms with van der Waals surface area (Å²) in [6.07, 6.45) is 0.557. The van der Waals surface area contributed by atoms with E-state index in [4.69, 9.17) is 9.84 Å². The molecule has 0 aliphatic rings. The van der Waals surface area contributed by atoms with Crippen LogP contribution in [0.2, 0.25) is 0 Å². The maximum absolute atomic E-state index is 13.4. The lowest BCUT2D eigenvalue weighted by molar-refractivity contribution is 0.279. The molecule has 0 aliphatic carbocycles. The van der Waals surface area contributed by atoms with Gasteiger partial charge in [-0.05, 0) is 24.1 Å². The first-order chi connectivity index (χ1) is 8.48. The zero-order chi connectivity index (χ0) is 13.6. The minimum atomic E-state index is -3.11. The van der Waals surface area contributed by atoms with E-state index in [1.807, 2.05) is 0 Å². The number of hydrogen-bond acceptors (Lipinski definition) is 4. The molecule has 6 heteroatoms. The van der Waals surface area contributed by atoms with Gasteiger partial charge in [0.05, 0.1) is 18.1 Å². The minimum absolute atomic E-state index is 0.00102. The van der Waals surface area contributed by atoms with Crippen LogP contribution in [0, 0.1) is 5.82 Å². The summed E-state index contributed by atoms with van der Waals surface area (Å²) < 4.78 is 41.3. The van der Waals surface area contributed by atoms with Gasteiger partial charge in [0, 0.05) is 0 Å². The highest BCUT2D eigenvalue weighted by Crippen LogP contribution is 2.18. The predicted molar refractivity (Wildman–Crippen MR) is 66.8 cm³/mol. The Morgan fingerprint density at radius 3 is 2.61 bits per heavy atom. The molecule has 18 heavy (non-hydrogen) atoms. The lowest BCUT2D eigenvalue weighted by Crippen LogP contribution is -2.17. The van der Waals surface area contributed by atoms with Gasteiger partial charge in [0.2, 0.25) is 0 Å². The standard InChI is InChI=1S/C12H17FO4S/c1-2-6-18(15,16)7-5-17-12-4-3-10(9-14)8-11(12)13/h3-4,8,14H,2,5-7,9H2,1H3. The van der Waals surface area contributed by atoms with Crippen LogP contribution in [0.1, 0.15) is 18.9 Å². The van der Waals surface area contributed by atoms with Gasteiger partial charge in [0.1, 0.15) is 6.61 Å². The van der Waals surface area contributed by atoms with Gasteiger partial charge in [-0.3, -0.25) is 0 Å². The fourth-order valence-electron chi connectivity index (χ4n) is 1.45. The molecule has 4 nitrogen and oxygen atoms in total. The second kappa shape index (κ2) is 6.70. The van der Waals surface area contributed by atoms with Crippen LogP contribution in [0.5, 0.6) is 5.75 Å². The summed E-state index contributed by atoms with van der Waals surface area (Å²) in [6, 6.07) is 4.07. The summed E-state index contributed by atoms with van der Waals surface area (Å²) in [5, 5.41) is 8.81. The van der Waals surface area contributed by atoms with Crippen LogP contribution in [0.15, 0.2) is 18.2 Å². The quantitative estimate of drug-likeness (QED) is 0.820. The van der Waals surface area contributed by atoms with Crippen molar-refractivity contribution in [2.24, 2.45) is 0 Å². The molecule has 0 atom stereocenters. The maximum Gasteiger partial charge on any atom is 0.165 e. The molecule has 0 heterocycles. The second-order valence-corrected chi connectivity index (χ2v) is 6.23. The van der Waals surface area contributed by atoms with E-state index in [9.17, 15) is 12.8 Å². The SMILES string of the molecule is CCCS(=O)(=O)CCOc1ccc(CO)cc1F. The van der Waals surface area contributed by atoms with Crippen molar-refractivity contribution in [3.05, 3.63) is 29.6 Å². The third kappa shape index (κ3) is 4.62. The van der Waals surface area contributed by atoms with Crippen molar-refractivity contribution >= 4 is 9.84 Å². The van der Waals surface area contributed by atoms with Gasteiger partial charge in [0.25, 0.3) is 0 Å².